The van der Waals surface area contributed by atoms with Crippen molar-refractivity contribution in [3.05, 3.63) is 52.2 Å². The van der Waals surface area contributed by atoms with Crippen LogP contribution in [0.25, 0.3) is 0 Å². The lowest BCUT2D eigenvalue weighted by Crippen LogP contribution is -2.17. The zero-order valence-corrected chi connectivity index (χ0v) is 8.87. The zero-order chi connectivity index (χ0) is 12.3. The van der Waals surface area contributed by atoms with Gasteiger partial charge in [-0.15, -0.1) is 0 Å². The molecule has 88 valence electrons. The van der Waals surface area contributed by atoms with E-state index < -0.39 is 0 Å². The van der Waals surface area contributed by atoms with Gasteiger partial charge >= 0.3 is 5.69 Å². The molecule has 0 atom stereocenters. The van der Waals surface area contributed by atoms with Crippen LogP contribution in [0.4, 0.5) is 0 Å². The van der Waals surface area contributed by atoms with Gasteiger partial charge in [-0.05, 0) is 5.56 Å². The van der Waals surface area contributed by atoms with Crippen molar-refractivity contribution in [1.82, 2.24) is 14.8 Å². The third-order valence-corrected chi connectivity index (χ3v) is 2.33. The molecule has 1 aromatic carbocycles. The maximum absolute atomic E-state index is 11.2. The normalized spacial score (nSPS) is 11.6. The topological polar surface area (TPSA) is 109 Å². The maximum Gasteiger partial charge on any atom is 0.343 e. The second-order valence-electron chi connectivity index (χ2n) is 3.47. The molecule has 17 heavy (non-hydrogen) atoms. The van der Waals surface area contributed by atoms with E-state index in [0.717, 1.165) is 5.56 Å². The molecule has 0 saturated heterocycles. The largest absolute Gasteiger partial charge is 0.409 e. The van der Waals surface area contributed by atoms with E-state index in [1.165, 1.54) is 10.9 Å². The first-order valence-electron chi connectivity index (χ1n) is 4.87. The Morgan fingerprint density at radius 3 is 2.71 bits per heavy atom. The lowest BCUT2D eigenvalue weighted by atomic mass is 10.1. The second-order valence-corrected chi connectivity index (χ2v) is 3.47. The van der Waals surface area contributed by atoms with Gasteiger partial charge in [0.25, 0.3) is 0 Å². The molecule has 0 amide bonds. The Balaban J connectivity index is 2.19. The van der Waals surface area contributed by atoms with Crippen LogP contribution >= 0.6 is 0 Å². The molecule has 7 nitrogen and oxygen atoms in total. The number of amidine groups is 1. The first kappa shape index (κ1) is 10.9. The van der Waals surface area contributed by atoms with Gasteiger partial charge in [-0.3, -0.25) is 4.57 Å². The SMILES string of the molecule is NC(=NO)c1ccc(Cn2cn[nH]c2=O)cc1. The quantitative estimate of drug-likeness (QED) is 0.293. The smallest absolute Gasteiger partial charge is 0.343 e. The minimum absolute atomic E-state index is 0.0528. The van der Waals surface area contributed by atoms with E-state index in [9.17, 15) is 4.79 Å². The van der Waals surface area contributed by atoms with E-state index >= 15 is 0 Å². The monoisotopic (exact) mass is 233 g/mol. The number of hydrogen-bond donors (Lipinski definition) is 3. The highest BCUT2D eigenvalue weighted by Crippen LogP contribution is 2.05. The third-order valence-electron chi connectivity index (χ3n) is 2.33. The van der Waals surface area contributed by atoms with Gasteiger partial charge in [0.05, 0.1) is 6.54 Å². The Labute approximate surface area is 96.2 Å². The van der Waals surface area contributed by atoms with Gasteiger partial charge in [0.1, 0.15) is 6.33 Å². The van der Waals surface area contributed by atoms with Crippen molar-refractivity contribution in [2.45, 2.75) is 6.54 Å². The highest BCUT2D eigenvalue weighted by Gasteiger charge is 2.01. The lowest BCUT2D eigenvalue weighted by molar-refractivity contribution is 0.318. The van der Waals surface area contributed by atoms with Gasteiger partial charge in [-0.2, -0.15) is 5.10 Å². The maximum atomic E-state index is 11.2. The van der Waals surface area contributed by atoms with E-state index in [0.29, 0.717) is 12.1 Å². The molecule has 0 aliphatic heterocycles. The third kappa shape index (κ3) is 2.33. The number of rotatable bonds is 3. The van der Waals surface area contributed by atoms with E-state index in [1.807, 2.05) is 0 Å². The Kier molecular flexibility index (Phi) is 2.91. The molecule has 0 unspecified atom stereocenters. The van der Waals surface area contributed by atoms with Crippen molar-refractivity contribution >= 4 is 5.84 Å². The first-order chi connectivity index (χ1) is 8.20. The number of nitrogens with zero attached hydrogens (tertiary/aromatic N) is 3. The molecule has 2 aromatic rings. The summed E-state index contributed by atoms with van der Waals surface area (Å²) < 4.78 is 1.44. The van der Waals surface area contributed by atoms with E-state index in [2.05, 4.69) is 15.4 Å². The summed E-state index contributed by atoms with van der Waals surface area (Å²) in [6.07, 6.45) is 1.43. The van der Waals surface area contributed by atoms with E-state index in [1.54, 1.807) is 24.3 Å². The molecular weight excluding hydrogens is 222 g/mol. The Morgan fingerprint density at radius 2 is 2.18 bits per heavy atom. The predicted molar refractivity (Wildman–Crippen MR) is 60.9 cm³/mol. The number of nitrogens with one attached hydrogen (secondary N) is 1. The Bertz CT molecular complexity index is 581. The van der Waals surface area contributed by atoms with Gasteiger partial charge < -0.3 is 10.9 Å². The standard InChI is InChI=1S/C10H11N5O2/c11-9(14-17)8-3-1-7(2-4-8)5-15-6-12-13-10(15)16/h1-4,6,17H,5H2,(H2,11,14)(H,13,16). The number of hydrogen-bond acceptors (Lipinski definition) is 4. The highest BCUT2D eigenvalue weighted by molar-refractivity contribution is 5.96. The lowest BCUT2D eigenvalue weighted by Gasteiger charge is -2.02. The van der Waals surface area contributed by atoms with E-state index in [-0.39, 0.29) is 11.5 Å². The number of H-pyrrole nitrogens is 1. The fourth-order valence-electron chi connectivity index (χ4n) is 1.42. The molecule has 0 fully saturated rings. The highest BCUT2D eigenvalue weighted by atomic mass is 16.4. The van der Waals surface area contributed by atoms with Crippen molar-refractivity contribution in [1.29, 1.82) is 0 Å². The summed E-state index contributed by atoms with van der Waals surface area (Å²) >= 11 is 0. The summed E-state index contributed by atoms with van der Waals surface area (Å²) in [5, 5.41) is 17.4. The van der Waals surface area contributed by atoms with Crippen LogP contribution in [0.2, 0.25) is 0 Å². The molecule has 0 aliphatic rings. The number of aromatic amines is 1. The summed E-state index contributed by atoms with van der Waals surface area (Å²) in [7, 11) is 0. The minimum atomic E-state index is -0.259. The van der Waals surface area contributed by atoms with Crippen molar-refractivity contribution in [3.63, 3.8) is 0 Å². The number of aromatic nitrogens is 3. The van der Waals surface area contributed by atoms with Gasteiger partial charge in [0.2, 0.25) is 0 Å². The van der Waals surface area contributed by atoms with Crippen LogP contribution in [0.15, 0.2) is 40.5 Å². The van der Waals surface area contributed by atoms with Crippen molar-refractivity contribution in [3.8, 4) is 0 Å². The Morgan fingerprint density at radius 1 is 1.47 bits per heavy atom. The van der Waals surface area contributed by atoms with Gasteiger partial charge in [0.15, 0.2) is 5.84 Å². The van der Waals surface area contributed by atoms with Crippen LogP contribution < -0.4 is 11.4 Å². The van der Waals surface area contributed by atoms with Crippen LogP contribution in [0.5, 0.6) is 0 Å². The van der Waals surface area contributed by atoms with Crippen LogP contribution in [-0.2, 0) is 6.54 Å². The summed E-state index contributed by atoms with van der Waals surface area (Å²) in [5.41, 5.74) is 6.72. The van der Waals surface area contributed by atoms with Crippen molar-refractivity contribution in [2.75, 3.05) is 0 Å². The number of nitrogens with two attached hydrogens (primary N) is 1. The molecule has 0 aliphatic carbocycles. The molecule has 0 radical (unpaired) electrons. The van der Waals surface area contributed by atoms with Crippen molar-refractivity contribution in [2.24, 2.45) is 10.9 Å². The van der Waals surface area contributed by atoms with Gasteiger partial charge in [-0.25, -0.2) is 9.89 Å². The summed E-state index contributed by atoms with van der Waals surface area (Å²) in [6.45, 7) is 0.422. The fourth-order valence-corrected chi connectivity index (χ4v) is 1.42. The first-order valence-corrected chi connectivity index (χ1v) is 4.87. The summed E-state index contributed by atoms with van der Waals surface area (Å²) in [4.78, 5) is 11.2. The molecule has 2 rings (SSSR count). The number of benzene rings is 1. The zero-order valence-electron chi connectivity index (χ0n) is 8.87. The van der Waals surface area contributed by atoms with Gasteiger partial charge in [-0.1, -0.05) is 29.4 Å². The molecule has 0 spiro atoms. The summed E-state index contributed by atoms with van der Waals surface area (Å²) in [6, 6.07) is 7.03. The molecular formula is C10H11N5O2. The van der Waals surface area contributed by atoms with Gasteiger partial charge in [0, 0.05) is 5.56 Å². The van der Waals surface area contributed by atoms with Crippen molar-refractivity contribution < 1.29 is 5.21 Å². The average Bonchev–Trinajstić information content (AvgIpc) is 2.75. The van der Waals surface area contributed by atoms with E-state index in [4.69, 9.17) is 10.9 Å². The van der Waals surface area contributed by atoms with Crippen LogP contribution in [0, 0.1) is 0 Å². The summed E-state index contributed by atoms with van der Waals surface area (Å²) in [5.74, 6) is 0.0528. The fraction of sp³-hybridized carbons (Fsp3) is 0.100. The molecule has 7 heteroatoms. The molecule has 1 aromatic heterocycles. The minimum Gasteiger partial charge on any atom is -0.409 e. The molecule has 4 N–H and O–H groups in total. The second kappa shape index (κ2) is 4.52. The molecule has 0 saturated carbocycles. The van der Waals surface area contributed by atoms with Crippen LogP contribution in [0.3, 0.4) is 0 Å². The average molecular weight is 233 g/mol. The predicted octanol–water partition coefficient (Wildman–Crippen LogP) is -0.286. The number of oxime groups is 1. The molecule has 0 bridgehead atoms. The van der Waals surface area contributed by atoms with Crippen LogP contribution in [0.1, 0.15) is 11.1 Å². The molecule has 1 heterocycles. The van der Waals surface area contributed by atoms with Crippen LogP contribution in [-0.4, -0.2) is 25.8 Å². The Hall–Kier alpha value is -2.57.